The zero-order chi connectivity index (χ0) is 26.5. The van der Waals surface area contributed by atoms with Crippen LogP contribution in [0.5, 0.6) is 0 Å². The Kier molecular flexibility index (Phi) is 10.6. The summed E-state index contributed by atoms with van der Waals surface area (Å²) in [6.45, 7) is 17.2. The molecule has 0 aliphatic heterocycles. The van der Waals surface area contributed by atoms with Crippen molar-refractivity contribution >= 4 is 34.9 Å². The van der Waals surface area contributed by atoms with Crippen LogP contribution in [0.15, 0.2) is 49.2 Å². The minimum atomic E-state index is -0.670. The van der Waals surface area contributed by atoms with Crippen molar-refractivity contribution in [1.82, 2.24) is 24.5 Å². The summed E-state index contributed by atoms with van der Waals surface area (Å²) in [7, 11) is 0. The Hall–Kier alpha value is -2.99. The Morgan fingerprint density at radius 2 is 1.92 bits per heavy atom. The molecule has 0 bridgehead atoms. The van der Waals surface area contributed by atoms with E-state index in [2.05, 4.69) is 38.5 Å². The average molecular weight is 517 g/mol. The van der Waals surface area contributed by atoms with Crippen LogP contribution in [0, 0.1) is 19.8 Å². The number of aromatic nitrogens is 5. The third-order valence-electron chi connectivity index (χ3n) is 4.95. The first-order chi connectivity index (χ1) is 17.1. The molecule has 0 spiro atoms. The number of ether oxygens (including phenoxy) is 1. The van der Waals surface area contributed by atoms with E-state index in [1.165, 1.54) is 25.2 Å². The van der Waals surface area contributed by atoms with E-state index in [0.717, 1.165) is 5.69 Å². The van der Waals surface area contributed by atoms with Gasteiger partial charge in [-0.3, -0.25) is 0 Å². The fraction of sp³-hybridized carbons (Fsp3) is 0.269. The van der Waals surface area contributed by atoms with Crippen molar-refractivity contribution in [3.8, 4) is 16.9 Å². The fourth-order valence-corrected chi connectivity index (χ4v) is 3.61. The summed E-state index contributed by atoms with van der Waals surface area (Å²) in [6.07, 6.45) is 6.01. The third-order valence-corrected chi connectivity index (χ3v) is 5.19. The number of hydrogen-bond donors (Lipinski definition) is 0. The zero-order valence-electron chi connectivity index (χ0n) is 21.6. The summed E-state index contributed by atoms with van der Waals surface area (Å²) in [5.74, 6) is -0.0652. The Bertz CT molecular complexity index is 1340. The molecule has 0 N–H and O–H groups in total. The summed E-state index contributed by atoms with van der Waals surface area (Å²) in [5.41, 5.74) is 1.65. The van der Waals surface area contributed by atoms with Gasteiger partial charge in [0, 0.05) is 34.9 Å². The minimum Gasteiger partial charge on any atom is -0.649 e. The van der Waals surface area contributed by atoms with Crippen LogP contribution in [0.25, 0.3) is 28.0 Å². The van der Waals surface area contributed by atoms with E-state index in [1.54, 1.807) is 33.0 Å². The summed E-state index contributed by atoms with van der Waals surface area (Å²) in [6, 6.07) is 7.22. The number of rotatable bonds is 6. The summed E-state index contributed by atoms with van der Waals surface area (Å²) < 4.78 is 20.8. The molecular formula is C26H27ClFLiN6O2-2. The van der Waals surface area contributed by atoms with Gasteiger partial charge in [-0.1, -0.05) is 31.1 Å². The molecule has 4 rings (SSSR count). The fourth-order valence-electron chi connectivity index (χ4n) is 3.43. The van der Waals surface area contributed by atoms with Crippen molar-refractivity contribution < 1.29 is 32.8 Å². The van der Waals surface area contributed by atoms with E-state index in [9.17, 15) is 9.18 Å². The average Bonchev–Trinajstić information content (AvgIpc) is 3.20. The summed E-state index contributed by atoms with van der Waals surface area (Å²) in [5, 5.41) is 1.22. The van der Waals surface area contributed by atoms with Crippen molar-refractivity contribution in [3.63, 3.8) is 0 Å². The van der Waals surface area contributed by atoms with Crippen molar-refractivity contribution in [1.29, 1.82) is 0 Å². The second-order valence-electron chi connectivity index (χ2n) is 8.82. The number of carbonyl (C=O) groups excluding carboxylic acids is 1. The molecule has 1 aromatic carbocycles. The van der Waals surface area contributed by atoms with Gasteiger partial charge in [0.1, 0.15) is 17.8 Å². The molecule has 11 heteroatoms. The van der Waals surface area contributed by atoms with Gasteiger partial charge in [0.2, 0.25) is 5.95 Å². The van der Waals surface area contributed by atoms with Crippen LogP contribution in [0.1, 0.15) is 27.7 Å². The van der Waals surface area contributed by atoms with E-state index in [4.69, 9.17) is 11.6 Å². The molecule has 0 fully saturated rings. The molecule has 3 aromatic heterocycles. The zero-order valence-corrected chi connectivity index (χ0v) is 22.3. The predicted molar refractivity (Wildman–Crippen MR) is 139 cm³/mol. The molecule has 0 saturated carbocycles. The second-order valence-corrected chi connectivity index (χ2v) is 9.26. The number of nitrogens with zero attached hydrogens (tertiary/aromatic N) is 6. The maximum absolute atomic E-state index is 14.6. The standard InChI is InChI=1S/C21H18ClFN6.C5H9O2.Li/c1-4-28(13(2)3)20-17-16(18-19(23)25-9-8-24-18)11-29(21(17)27-12-26-20)15-7-5-6-14(22)10-15;1-5(2,3)7-4-6;/h5-13H,1-2,4H2,3H3;1-3H3;/q-2;-1;+1/t13-;;/m1../s1. The van der Waals surface area contributed by atoms with Gasteiger partial charge in [-0.25, -0.2) is 19.9 Å². The SMILES string of the molecule is CC(C)(C)O[C-]=O.[CH2-]CN(c1ncnc2c1c(-c1nccnc1F)cn2-c1cccc(Cl)c1)[C@H]([CH2-])C.[Li+]. The molecule has 37 heavy (non-hydrogen) atoms. The van der Waals surface area contributed by atoms with E-state index in [1.807, 2.05) is 34.6 Å². The van der Waals surface area contributed by atoms with Gasteiger partial charge < -0.3 is 32.8 Å². The first-order valence-corrected chi connectivity index (χ1v) is 11.5. The van der Waals surface area contributed by atoms with Gasteiger partial charge in [-0.2, -0.15) is 4.39 Å². The Labute approximate surface area is 233 Å². The second kappa shape index (κ2) is 13.0. The van der Waals surface area contributed by atoms with Gasteiger partial charge in [-0.15, -0.1) is 12.6 Å². The van der Waals surface area contributed by atoms with Crippen LogP contribution in [-0.4, -0.2) is 49.2 Å². The summed E-state index contributed by atoms with van der Waals surface area (Å²) in [4.78, 5) is 28.3. The molecule has 0 unspecified atom stereocenters. The van der Waals surface area contributed by atoms with Crippen molar-refractivity contribution in [2.75, 3.05) is 11.4 Å². The molecule has 8 nitrogen and oxygen atoms in total. The quantitative estimate of drug-likeness (QED) is 0.287. The Balaban J connectivity index is 0.000000532. The molecule has 1 atom stereocenters. The maximum Gasteiger partial charge on any atom is 1.00 e. The molecule has 0 amide bonds. The third kappa shape index (κ3) is 7.28. The first-order valence-electron chi connectivity index (χ1n) is 11.1. The molecule has 0 saturated heterocycles. The van der Waals surface area contributed by atoms with Crippen molar-refractivity contribution in [2.45, 2.75) is 39.3 Å². The predicted octanol–water partition coefficient (Wildman–Crippen LogP) is 2.41. The van der Waals surface area contributed by atoms with Gasteiger partial charge in [0.15, 0.2) is 5.65 Å². The number of benzene rings is 1. The van der Waals surface area contributed by atoms with Crippen molar-refractivity contribution in [2.24, 2.45) is 0 Å². The molecule has 3 heterocycles. The van der Waals surface area contributed by atoms with Crippen LogP contribution in [0.2, 0.25) is 5.02 Å². The first kappa shape index (κ1) is 30.2. The van der Waals surface area contributed by atoms with E-state index < -0.39 is 5.95 Å². The number of fused-ring (bicyclic) bond motifs is 1. The minimum absolute atomic E-state index is 0. The van der Waals surface area contributed by atoms with Crippen LogP contribution in [0.3, 0.4) is 0 Å². The smallest absolute Gasteiger partial charge is 0.649 e. The van der Waals surface area contributed by atoms with Gasteiger partial charge in [0.05, 0.1) is 11.0 Å². The van der Waals surface area contributed by atoms with E-state index in [-0.39, 0.29) is 36.2 Å². The number of halogens is 2. The molecule has 190 valence electrons. The Morgan fingerprint density at radius 3 is 2.46 bits per heavy atom. The maximum atomic E-state index is 14.6. The summed E-state index contributed by atoms with van der Waals surface area (Å²) >= 11 is 6.19. The van der Waals surface area contributed by atoms with E-state index in [0.29, 0.717) is 34.0 Å². The molecule has 4 aromatic rings. The molecule has 0 radical (unpaired) electrons. The van der Waals surface area contributed by atoms with Crippen LogP contribution in [-0.2, 0) is 9.53 Å². The van der Waals surface area contributed by atoms with Crippen LogP contribution in [0.4, 0.5) is 10.2 Å². The molecular weight excluding hydrogens is 490 g/mol. The van der Waals surface area contributed by atoms with Gasteiger partial charge in [0.25, 0.3) is 0 Å². The van der Waals surface area contributed by atoms with Crippen LogP contribution >= 0.6 is 11.6 Å². The monoisotopic (exact) mass is 516 g/mol. The van der Waals surface area contributed by atoms with Gasteiger partial charge in [-0.05, 0) is 39.0 Å². The van der Waals surface area contributed by atoms with Crippen LogP contribution < -0.4 is 23.8 Å². The van der Waals surface area contributed by atoms with Crippen molar-refractivity contribution in [3.05, 3.63) is 74.0 Å². The topological polar surface area (TPSA) is 86.0 Å². The normalized spacial score (nSPS) is 11.7. The number of anilines is 1. The van der Waals surface area contributed by atoms with E-state index >= 15 is 0 Å². The number of hydrogen-bond acceptors (Lipinski definition) is 7. The molecule has 0 aliphatic rings. The molecule has 0 aliphatic carbocycles. The Morgan fingerprint density at radius 1 is 1.22 bits per heavy atom. The largest absolute Gasteiger partial charge is 1.00 e. The van der Waals surface area contributed by atoms with Gasteiger partial charge >= 0.3 is 18.9 Å².